The lowest BCUT2D eigenvalue weighted by molar-refractivity contribution is -0.895. The second kappa shape index (κ2) is 10.3. The van der Waals surface area contributed by atoms with Crippen LogP contribution in [0.4, 0.5) is 21.9 Å². The van der Waals surface area contributed by atoms with Crippen LogP contribution in [-0.2, 0) is 22.4 Å². The molecule has 6 nitrogen and oxygen atoms in total. The highest BCUT2D eigenvalue weighted by atomic mass is 16.5. The molecular formula is C24H32N3O3+. The second-order valence-electron chi connectivity index (χ2n) is 7.50. The molecule has 3 rings (SSSR count). The van der Waals surface area contributed by atoms with E-state index in [4.69, 9.17) is 4.74 Å². The van der Waals surface area contributed by atoms with Gasteiger partial charge in [-0.3, -0.25) is 15.0 Å². The first-order chi connectivity index (χ1) is 14.6. The summed E-state index contributed by atoms with van der Waals surface area (Å²) >= 11 is 0. The van der Waals surface area contributed by atoms with Gasteiger partial charge in [0.05, 0.1) is 44.0 Å². The Morgan fingerprint density at radius 3 is 2.40 bits per heavy atom. The van der Waals surface area contributed by atoms with Crippen molar-refractivity contribution in [3.05, 3.63) is 53.6 Å². The monoisotopic (exact) mass is 410 g/mol. The lowest BCUT2D eigenvalue weighted by Gasteiger charge is -2.26. The van der Waals surface area contributed by atoms with Gasteiger partial charge in [-0.05, 0) is 62.9 Å². The van der Waals surface area contributed by atoms with Gasteiger partial charge in [-0.15, -0.1) is 0 Å². The minimum atomic E-state index is -0.491. The van der Waals surface area contributed by atoms with Crippen molar-refractivity contribution in [2.24, 2.45) is 0 Å². The normalized spacial score (nSPS) is 12.7. The number of nitrogens with one attached hydrogen (secondary N) is 2. The zero-order valence-corrected chi connectivity index (χ0v) is 18.2. The summed E-state index contributed by atoms with van der Waals surface area (Å²) in [4.78, 5) is 28.6. The van der Waals surface area contributed by atoms with E-state index in [1.54, 1.807) is 6.92 Å². The van der Waals surface area contributed by atoms with Crippen molar-refractivity contribution < 1.29 is 19.2 Å². The first-order valence-electron chi connectivity index (χ1n) is 10.9. The van der Waals surface area contributed by atoms with Crippen LogP contribution in [0.3, 0.4) is 0 Å². The zero-order valence-electron chi connectivity index (χ0n) is 18.2. The molecule has 1 aliphatic heterocycles. The number of carbonyl (C=O) groups excluding carboxylic acids is 2. The summed E-state index contributed by atoms with van der Waals surface area (Å²) in [6.07, 6.45) is 1.70. The Hall–Kier alpha value is -2.86. The number of benzene rings is 2. The van der Waals surface area contributed by atoms with Crippen molar-refractivity contribution in [1.29, 1.82) is 0 Å². The first-order valence-corrected chi connectivity index (χ1v) is 10.9. The highest BCUT2D eigenvalue weighted by molar-refractivity contribution is 6.03. The Labute approximate surface area is 178 Å². The molecule has 2 amide bonds. The Bertz CT molecular complexity index is 893. The Kier molecular flexibility index (Phi) is 7.46. The van der Waals surface area contributed by atoms with Gasteiger partial charge in [0.2, 0.25) is 5.91 Å². The molecule has 160 valence electrons. The van der Waals surface area contributed by atoms with Crippen molar-refractivity contribution in [3.8, 4) is 0 Å². The first kappa shape index (κ1) is 21.8. The number of carbonyl (C=O) groups is 2. The smallest absolute Gasteiger partial charge is 0.411 e. The molecule has 0 saturated heterocycles. The molecule has 0 saturated carbocycles. The molecule has 2 aromatic carbocycles. The van der Waals surface area contributed by atoms with E-state index in [9.17, 15) is 9.59 Å². The molecule has 1 aliphatic rings. The van der Waals surface area contributed by atoms with Crippen LogP contribution in [0.25, 0.3) is 0 Å². The fourth-order valence-electron chi connectivity index (χ4n) is 3.95. The Morgan fingerprint density at radius 2 is 1.70 bits per heavy atom. The number of para-hydroxylation sites is 1. The Morgan fingerprint density at radius 1 is 1.00 bits per heavy atom. The van der Waals surface area contributed by atoms with Crippen molar-refractivity contribution in [3.63, 3.8) is 0 Å². The summed E-state index contributed by atoms with van der Waals surface area (Å²) in [5, 5.41) is 2.76. The van der Waals surface area contributed by atoms with Gasteiger partial charge >= 0.3 is 6.09 Å². The van der Waals surface area contributed by atoms with Gasteiger partial charge in [0.25, 0.3) is 0 Å². The van der Waals surface area contributed by atoms with Gasteiger partial charge in [0.15, 0.2) is 0 Å². The predicted octanol–water partition coefficient (Wildman–Crippen LogP) is 3.33. The lowest BCUT2D eigenvalue weighted by atomic mass is 10.0. The van der Waals surface area contributed by atoms with Crippen LogP contribution in [0.15, 0.2) is 42.5 Å². The predicted molar refractivity (Wildman–Crippen MR) is 120 cm³/mol. The van der Waals surface area contributed by atoms with Gasteiger partial charge in [-0.2, -0.15) is 0 Å². The number of ether oxygens (including phenoxy) is 1. The van der Waals surface area contributed by atoms with E-state index >= 15 is 0 Å². The molecule has 0 aromatic heterocycles. The Balaban J connectivity index is 1.97. The largest absolute Gasteiger partial charge is 0.450 e. The average Bonchev–Trinajstić information content (AvgIpc) is 2.91. The van der Waals surface area contributed by atoms with Gasteiger partial charge in [-0.25, -0.2) is 4.79 Å². The van der Waals surface area contributed by atoms with Crippen molar-refractivity contribution >= 4 is 29.1 Å². The highest BCUT2D eigenvalue weighted by Gasteiger charge is 2.26. The van der Waals surface area contributed by atoms with Gasteiger partial charge < -0.3 is 9.64 Å². The van der Waals surface area contributed by atoms with Gasteiger partial charge in [-0.1, -0.05) is 24.3 Å². The maximum Gasteiger partial charge on any atom is 0.411 e. The van der Waals surface area contributed by atoms with Crippen molar-refractivity contribution in [2.75, 3.05) is 36.5 Å². The van der Waals surface area contributed by atoms with E-state index in [1.807, 2.05) is 41.3 Å². The maximum absolute atomic E-state index is 13.4. The van der Waals surface area contributed by atoms with Crippen LogP contribution < -0.4 is 15.1 Å². The van der Waals surface area contributed by atoms with Crippen LogP contribution in [0.5, 0.6) is 0 Å². The number of nitrogens with zero attached hydrogens (tertiary/aromatic N) is 1. The molecule has 0 atom stereocenters. The standard InChI is InChI=1S/C24H31N3O3/c1-4-26(5-2)16-15-23(28)27-21-10-8-7-9-18(21)11-12-19-13-14-20(17-22(19)27)25-24(29)30-6-3/h7-10,13-14,17H,4-6,11-12,15-16H2,1-3H3,(H,25,29)/p+1. The number of hydrogen-bond acceptors (Lipinski definition) is 3. The molecule has 0 fully saturated rings. The number of quaternary nitrogens is 1. The highest BCUT2D eigenvalue weighted by Crippen LogP contribution is 2.38. The molecule has 30 heavy (non-hydrogen) atoms. The molecule has 0 unspecified atom stereocenters. The van der Waals surface area contributed by atoms with Crippen LogP contribution in [-0.4, -0.2) is 38.2 Å². The number of aryl methyl sites for hydroxylation is 2. The van der Waals surface area contributed by atoms with Gasteiger partial charge in [0, 0.05) is 5.69 Å². The van der Waals surface area contributed by atoms with E-state index in [0.717, 1.165) is 55.0 Å². The summed E-state index contributed by atoms with van der Waals surface area (Å²) in [7, 11) is 0. The SMILES string of the molecule is CCOC(=O)Nc1ccc2c(c1)N(C(=O)CC[NH+](CC)CC)c1ccccc1CC2. The van der Waals surface area contributed by atoms with E-state index < -0.39 is 6.09 Å². The van der Waals surface area contributed by atoms with Crippen LogP contribution in [0.2, 0.25) is 0 Å². The number of fused-ring (bicyclic) bond motifs is 2. The van der Waals surface area contributed by atoms with E-state index in [-0.39, 0.29) is 5.91 Å². The molecular weight excluding hydrogens is 378 g/mol. The molecule has 0 bridgehead atoms. The molecule has 6 heteroatoms. The summed E-state index contributed by atoms with van der Waals surface area (Å²) in [6.45, 7) is 9.18. The summed E-state index contributed by atoms with van der Waals surface area (Å²) in [5.41, 5.74) is 4.66. The minimum absolute atomic E-state index is 0.0817. The number of hydrogen-bond donors (Lipinski definition) is 2. The van der Waals surface area contributed by atoms with Crippen molar-refractivity contribution in [1.82, 2.24) is 0 Å². The molecule has 1 heterocycles. The van der Waals surface area contributed by atoms with Crippen LogP contribution in [0.1, 0.15) is 38.3 Å². The fourth-order valence-corrected chi connectivity index (χ4v) is 3.95. The van der Waals surface area contributed by atoms with Gasteiger partial charge in [0.1, 0.15) is 0 Å². The molecule has 2 aromatic rings. The third-order valence-electron chi connectivity index (χ3n) is 5.69. The van der Waals surface area contributed by atoms with Crippen LogP contribution in [0, 0.1) is 0 Å². The molecule has 0 aliphatic carbocycles. The number of rotatable bonds is 7. The molecule has 2 N–H and O–H groups in total. The summed E-state index contributed by atoms with van der Waals surface area (Å²) in [5.74, 6) is 0.0817. The summed E-state index contributed by atoms with van der Waals surface area (Å²) in [6, 6.07) is 13.8. The second-order valence-corrected chi connectivity index (χ2v) is 7.50. The third-order valence-corrected chi connectivity index (χ3v) is 5.69. The fraction of sp³-hybridized carbons (Fsp3) is 0.417. The lowest BCUT2D eigenvalue weighted by Crippen LogP contribution is -3.11. The topological polar surface area (TPSA) is 63.1 Å². The number of amides is 2. The quantitative estimate of drug-likeness (QED) is 0.736. The van der Waals surface area contributed by atoms with E-state index in [2.05, 4.69) is 25.2 Å². The molecule has 0 spiro atoms. The maximum atomic E-state index is 13.4. The third kappa shape index (κ3) is 5.00. The van der Waals surface area contributed by atoms with E-state index in [1.165, 1.54) is 4.90 Å². The van der Waals surface area contributed by atoms with Crippen LogP contribution >= 0.6 is 0 Å². The molecule has 0 radical (unpaired) electrons. The van der Waals surface area contributed by atoms with Crippen molar-refractivity contribution in [2.45, 2.75) is 40.0 Å². The summed E-state index contributed by atoms with van der Waals surface area (Å²) < 4.78 is 5.00. The zero-order chi connectivity index (χ0) is 21.5. The average molecular weight is 411 g/mol. The van der Waals surface area contributed by atoms with E-state index in [0.29, 0.717) is 18.7 Å². The number of anilines is 3. The minimum Gasteiger partial charge on any atom is -0.450 e.